The largest absolute Gasteiger partial charge is 0.343 e. The van der Waals surface area contributed by atoms with Gasteiger partial charge in [-0.25, -0.2) is 9.97 Å². The van der Waals surface area contributed by atoms with Gasteiger partial charge in [0, 0.05) is 29.9 Å². The Bertz CT molecular complexity index is 641. The third kappa shape index (κ3) is 4.05. The van der Waals surface area contributed by atoms with Gasteiger partial charge < -0.3 is 14.9 Å². The molecular formula is C16H15N3O3. The van der Waals surface area contributed by atoms with Crippen LogP contribution in [0, 0.1) is 0 Å². The maximum atomic E-state index is 12.0. The van der Waals surface area contributed by atoms with E-state index in [4.69, 9.17) is 0 Å². The van der Waals surface area contributed by atoms with Crippen molar-refractivity contribution in [2.45, 2.75) is 18.9 Å². The first-order valence-electron chi connectivity index (χ1n) is 6.82. The molecule has 112 valence electrons. The van der Waals surface area contributed by atoms with Crippen molar-refractivity contribution >= 4 is 18.5 Å². The number of benzene rings is 1. The Hall–Kier alpha value is -2.89. The summed E-state index contributed by atoms with van der Waals surface area (Å²) in [6.07, 6.45) is 5.17. The van der Waals surface area contributed by atoms with E-state index in [1.807, 2.05) is 0 Å². The van der Waals surface area contributed by atoms with E-state index in [-0.39, 0.29) is 12.3 Å². The summed E-state index contributed by atoms with van der Waals surface area (Å²) in [4.78, 5) is 41.5. The molecule has 0 aliphatic rings. The molecule has 0 bridgehead atoms. The Balaban J connectivity index is 2.05. The number of aromatic nitrogens is 2. The molecule has 0 spiro atoms. The third-order valence-electron chi connectivity index (χ3n) is 3.05. The van der Waals surface area contributed by atoms with Gasteiger partial charge in [0.05, 0.1) is 6.04 Å². The van der Waals surface area contributed by atoms with Crippen LogP contribution >= 0.6 is 0 Å². The Morgan fingerprint density at radius 2 is 1.82 bits per heavy atom. The van der Waals surface area contributed by atoms with Gasteiger partial charge in [-0.05, 0) is 24.6 Å². The van der Waals surface area contributed by atoms with Crippen molar-refractivity contribution in [3.05, 3.63) is 48.3 Å². The summed E-state index contributed by atoms with van der Waals surface area (Å²) >= 11 is 0. The second-order valence-electron chi connectivity index (χ2n) is 4.61. The standard InChI is InChI=1S/C16H15N3O3/c20-10-1-3-14(11-21)19-16(22)13-6-4-12(5-7-13)15-17-8-2-9-18-15/h2,4-11,14H,1,3H2,(H,19,22). The number of hydrogen-bond donors (Lipinski definition) is 1. The fourth-order valence-electron chi connectivity index (χ4n) is 1.89. The number of amides is 1. The Morgan fingerprint density at radius 3 is 2.41 bits per heavy atom. The lowest BCUT2D eigenvalue weighted by molar-refractivity contribution is -0.110. The van der Waals surface area contributed by atoms with Gasteiger partial charge in [0.15, 0.2) is 5.82 Å². The predicted octanol–water partition coefficient (Wildman–Crippen LogP) is 1.42. The van der Waals surface area contributed by atoms with Crippen LogP contribution in [0.2, 0.25) is 0 Å². The fraction of sp³-hybridized carbons (Fsp3) is 0.188. The summed E-state index contributed by atoms with van der Waals surface area (Å²) in [6.45, 7) is 0. The molecule has 1 amide bonds. The molecule has 6 heteroatoms. The molecule has 1 heterocycles. The van der Waals surface area contributed by atoms with E-state index in [2.05, 4.69) is 15.3 Å². The number of aldehydes is 2. The van der Waals surface area contributed by atoms with Crippen molar-refractivity contribution in [2.75, 3.05) is 0 Å². The first-order valence-corrected chi connectivity index (χ1v) is 6.82. The molecule has 6 nitrogen and oxygen atoms in total. The van der Waals surface area contributed by atoms with E-state index < -0.39 is 6.04 Å². The molecule has 1 aromatic heterocycles. The highest BCUT2D eigenvalue weighted by Crippen LogP contribution is 2.14. The van der Waals surface area contributed by atoms with Crippen LogP contribution in [-0.4, -0.2) is 34.5 Å². The number of carbonyl (C=O) groups is 3. The van der Waals surface area contributed by atoms with Crippen molar-refractivity contribution in [3.63, 3.8) is 0 Å². The van der Waals surface area contributed by atoms with Gasteiger partial charge in [-0.15, -0.1) is 0 Å². The fourth-order valence-corrected chi connectivity index (χ4v) is 1.89. The van der Waals surface area contributed by atoms with Crippen LogP contribution in [0.5, 0.6) is 0 Å². The highest BCUT2D eigenvalue weighted by molar-refractivity contribution is 5.96. The van der Waals surface area contributed by atoms with Gasteiger partial charge in [0.25, 0.3) is 5.91 Å². The minimum atomic E-state index is -0.658. The molecule has 1 N–H and O–H groups in total. The van der Waals surface area contributed by atoms with Crippen LogP contribution in [0.25, 0.3) is 11.4 Å². The Kier molecular flexibility index (Phi) is 5.48. The molecule has 0 aliphatic carbocycles. The van der Waals surface area contributed by atoms with Gasteiger partial charge in [-0.3, -0.25) is 4.79 Å². The van der Waals surface area contributed by atoms with Crippen molar-refractivity contribution in [1.29, 1.82) is 0 Å². The zero-order valence-corrected chi connectivity index (χ0v) is 11.8. The molecule has 0 fully saturated rings. The van der Waals surface area contributed by atoms with Crippen LogP contribution in [0.15, 0.2) is 42.7 Å². The topological polar surface area (TPSA) is 89.0 Å². The maximum absolute atomic E-state index is 12.0. The highest BCUT2D eigenvalue weighted by atomic mass is 16.2. The van der Waals surface area contributed by atoms with Crippen LogP contribution in [0.4, 0.5) is 0 Å². The number of nitrogens with zero attached hydrogens (tertiary/aromatic N) is 2. The van der Waals surface area contributed by atoms with Gasteiger partial charge in [-0.1, -0.05) is 12.1 Å². The second kappa shape index (κ2) is 7.78. The zero-order valence-electron chi connectivity index (χ0n) is 11.8. The molecular weight excluding hydrogens is 282 g/mol. The normalized spacial score (nSPS) is 11.5. The van der Waals surface area contributed by atoms with Gasteiger partial charge in [-0.2, -0.15) is 0 Å². The van der Waals surface area contributed by atoms with Crippen molar-refractivity contribution < 1.29 is 14.4 Å². The van der Waals surface area contributed by atoms with E-state index in [0.29, 0.717) is 24.1 Å². The first-order chi connectivity index (χ1) is 10.7. The minimum Gasteiger partial charge on any atom is -0.343 e. The predicted molar refractivity (Wildman–Crippen MR) is 80.1 cm³/mol. The van der Waals surface area contributed by atoms with E-state index in [9.17, 15) is 14.4 Å². The van der Waals surface area contributed by atoms with Gasteiger partial charge in [0.2, 0.25) is 0 Å². The minimum absolute atomic E-state index is 0.230. The number of carbonyl (C=O) groups excluding carboxylic acids is 3. The average molecular weight is 297 g/mol. The molecule has 2 rings (SSSR count). The maximum Gasteiger partial charge on any atom is 0.251 e. The summed E-state index contributed by atoms with van der Waals surface area (Å²) in [5.74, 6) is 0.217. The summed E-state index contributed by atoms with van der Waals surface area (Å²) in [5, 5.41) is 2.58. The molecule has 0 radical (unpaired) electrons. The highest BCUT2D eigenvalue weighted by Gasteiger charge is 2.13. The summed E-state index contributed by atoms with van der Waals surface area (Å²) in [7, 11) is 0. The molecule has 1 aromatic carbocycles. The van der Waals surface area contributed by atoms with Crippen LogP contribution < -0.4 is 5.32 Å². The van der Waals surface area contributed by atoms with Crippen molar-refractivity contribution in [1.82, 2.24) is 15.3 Å². The quantitative estimate of drug-likeness (QED) is 0.781. The lowest BCUT2D eigenvalue weighted by Gasteiger charge is -2.11. The van der Waals surface area contributed by atoms with Gasteiger partial charge in [0.1, 0.15) is 12.6 Å². The van der Waals surface area contributed by atoms with E-state index in [0.717, 1.165) is 11.8 Å². The molecule has 0 aliphatic heterocycles. The van der Waals surface area contributed by atoms with Crippen molar-refractivity contribution in [2.24, 2.45) is 0 Å². The molecule has 0 saturated heterocycles. The first kappa shape index (κ1) is 15.5. The number of rotatable bonds is 7. The SMILES string of the molecule is O=CCCC(C=O)NC(=O)c1ccc(-c2ncccn2)cc1. The van der Waals surface area contributed by atoms with E-state index in [1.54, 1.807) is 42.7 Å². The zero-order chi connectivity index (χ0) is 15.8. The van der Waals surface area contributed by atoms with E-state index in [1.165, 1.54) is 0 Å². The lowest BCUT2D eigenvalue weighted by Crippen LogP contribution is -2.36. The third-order valence-corrected chi connectivity index (χ3v) is 3.05. The van der Waals surface area contributed by atoms with Crippen LogP contribution in [0.3, 0.4) is 0 Å². The van der Waals surface area contributed by atoms with E-state index >= 15 is 0 Å². The summed E-state index contributed by atoms with van der Waals surface area (Å²) in [5.41, 5.74) is 1.22. The lowest BCUT2D eigenvalue weighted by atomic mass is 10.1. The summed E-state index contributed by atoms with van der Waals surface area (Å²) in [6, 6.07) is 7.84. The Morgan fingerprint density at radius 1 is 1.14 bits per heavy atom. The average Bonchev–Trinajstić information content (AvgIpc) is 2.59. The van der Waals surface area contributed by atoms with Crippen LogP contribution in [0.1, 0.15) is 23.2 Å². The molecule has 22 heavy (non-hydrogen) atoms. The smallest absolute Gasteiger partial charge is 0.251 e. The number of nitrogens with one attached hydrogen (secondary N) is 1. The Labute approximate surface area is 127 Å². The van der Waals surface area contributed by atoms with Gasteiger partial charge >= 0.3 is 0 Å². The molecule has 2 aromatic rings. The molecule has 0 saturated carbocycles. The van der Waals surface area contributed by atoms with Crippen molar-refractivity contribution in [3.8, 4) is 11.4 Å². The molecule has 1 unspecified atom stereocenters. The summed E-state index contributed by atoms with van der Waals surface area (Å²) < 4.78 is 0. The second-order valence-corrected chi connectivity index (χ2v) is 4.61. The number of hydrogen-bond acceptors (Lipinski definition) is 5. The monoisotopic (exact) mass is 297 g/mol. The van der Waals surface area contributed by atoms with Crippen LogP contribution in [-0.2, 0) is 9.59 Å². The molecule has 1 atom stereocenters.